The molecule has 2 aliphatic rings. The highest BCUT2D eigenvalue weighted by atomic mass is 79.9. The Morgan fingerprint density at radius 3 is 2.71 bits per heavy atom. The van der Waals surface area contributed by atoms with Crippen LogP contribution >= 0.6 is 15.9 Å². The van der Waals surface area contributed by atoms with Crippen LogP contribution in [0.1, 0.15) is 37.7 Å². The van der Waals surface area contributed by atoms with Crippen molar-refractivity contribution in [3.05, 3.63) is 34.3 Å². The summed E-state index contributed by atoms with van der Waals surface area (Å²) in [7, 11) is 0. The Bertz CT molecular complexity index is 386. The third-order valence-electron chi connectivity index (χ3n) is 4.38. The Hall–Kier alpha value is -0.340. The van der Waals surface area contributed by atoms with Crippen molar-refractivity contribution in [2.24, 2.45) is 5.92 Å². The zero-order chi connectivity index (χ0) is 11.8. The minimum Gasteiger partial charge on any atom is -0.300 e. The van der Waals surface area contributed by atoms with Gasteiger partial charge in [0.1, 0.15) is 0 Å². The number of hydrogen-bond acceptors (Lipinski definition) is 1. The number of nitrogens with zero attached hydrogens (tertiary/aromatic N) is 1. The lowest BCUT2D eigenvalue weighted by Gasteiger charge is -2.20. The fourth-order valence-electron chi connectivity index (χ4n) is 3.13. The molecule has 1 aromatic rings. The lowest BCUT2D eigenvalue weighted by Crippen LogP contribution is -2.29. The lowest BCUT2D eigenvalue weighted by atomic mass is 10.1. The minimum absolute atomic E-state index is 0.821. The van der Waals surface area contributed by atoms with Gasteiger partial charge >= 0.3 is 0 Å². The standard InChI is InChI=1S/C15H20BrN/c1-11-3-2-8-17(11)10-13-9-15(13)12-4-6-14(16)7-5-12/h4-7,11,13,15H,2-3,8-10H2,1H3/t11-,13-,15-/m0/s1. The fraction of sp³-hybridized carbons (Fsp3) is 0.600. The van der Waals surface area contributed by atoms with Crippen LogP contribution in [0.2, 0.25) is 0 Å². The largest absolute Gasteiger partial charge is 0.300 e. The van der Waals surface area contributed by atoms with Crippen LogP contribution in [0.3, 0.4) is 0 Å². The van der Waals surface area contributed by atoms with Crippen molar-refractivity contribution in [3.63, 3.8) is 0 Å². The summed E-state index contributed by atoms with van der Waals surface area (Å²) in [5.41, 5.74) is 1.53. The highest BCUT2D eigenvalue weighted by Crippen LogP contribution is 2.48. The van der Waals surface area contributed by atoms with Gasteiger partial charge in [-0.25, -0.2) is 0 Å². The van der Waals surface area contributed by atoms with Crippen molar-refractivity contribution in [3.8, 4) is 0 Å². The number of benzene rings is 1. The Morgan fingerprint density at radius 1 is 1.29 bits per heavy atom. The van der Waals surface area contributed by atoms with E-state index < -0.39 is 0 Å². The summed E-state index contributed by atoms with van der Waals surface area (Å²) < 4.78 is 1.19. The first-order valence-electron chi connectivity index (χ1n) is 6.73. The van der Waals surface area contributed by atoms with E-state index >= 15 is 0 Å². The molecule has 1 aliphatic carbocycles. The Morgan fingerprint density at radius 2 is 2.06 bits per heavy atom. The number of rotatable bonds is 3. The summed E-state index contributed by atoms with van der Waals surface area (Å²) in [6.45, 7) is 5.02. The normalized spacial score (nSPS) is 32.9. The second-order valence-corrected chi connectivity index (χ2v) is 6.56. The molecule has 0 spiro atoms. The van der Waals surface area contributed by atoms with Gasteiger partial charge in [0.05, 0.1) is 0 Å². The van der Waals surface area contributed by atoms with E-state index in [1.807, 2.05) is 0 Å². The summed E-state index contributed by atoms with van der Waals surface area (Å²) in [4.78, 5) is 2.68. The van der Waals surface area contributed by atoms with Crippen LogP contribution in [0.4, 0.5) is 0 Å². The molecule has 2 fully saturated rings. The van der Waals surface area contributed by atoms with Crippen molar-refractivity contribution in [1.82, 2.24) is 4.90 Å². The van der Waals surface area contributed by atoms with Gasteiger partial charge in [0.2, 0.25) is 0 Å². The van der Waals surface area contributed by atoms with E-state index in [0.717, 1.165) is 17.9 Å². The predicted molar refractivity (Wildman–Crippen MR) is 75.3 cm³/mol. The summed E-state index contributed by atoms with van der Waals surface area (Å²) in [6.07, 6.45) is 4.19. The molecule has 1 saturated carbocycles. The van der Waals surface area contributed by atoms with Crippen molar-refractivity contribution in [2.75, 3.05) is 13.1 Å². The van der Waals surface area contributed by atoms with E-state index in [1.165, 1.54) is 42.4 Å². The van der Waals surface area contributed by atoms with Crippen molar-refractivity contribution in [1.29, 1.82) is 0 Å². The van der Waals surface area contributed by atoms with Crippen molar-refractivity contribution >= 4 is 15.9 Å². The molecule has 1 nitrogen and oxygen atoms in total. The summed E-state index contributed by atoms with van der Waals surface area (Å²) >= 11 is 3.50. The van der Waals surface area contributed by atoms with E-state index in [1.54, 1.807) is 0 Å². The molecule has 1 aromatic carbocycles. The molecule has 0 aromatic heterocycles. The van der Waals surface area contributed by atoms with Gasteiger partial charge < -0.3 is 4.90 Å². The van der Waals surface area contributed by atoms with E-state index in [0.29, 0.717) is 0 Å². The van der Waals surface area contributed by atoms with Crippen LogP contribution in [0.15, 0.2) is 28.7 Å². The third kappa shape index (κ3) is 2.58. The molecule has 3 rings (SSSR count). The van der Waals surface area contributed by atoms with Gasteiger partial charge in [-0.3, -0.25) is 0 Å². The smallest absolute Gasteiger partial charge is 0.0175 e. The number of halogens is 1. The van der Waals surface area contributed by atoms with Crippen LogP contribution in [0, 0.1) is 5.92 Å². The molecule has 1 aliphatic heterocycles. The number of hydrogen-bond donors (Lipinski definition) is 0. The lowest BCUT2D eigenvalue weighted by molar-refractivity contribution is 0.256. The van der Waals surface area contributed by atoms with Gasteiger partial charge in [-0.1, -0.05) is 28.1 Å². The van der Waals surface area contributed by atoms with Gasteiger partial charge in [0.25, 0.3) is 0 Å². The van der Waals surface area contributed by atoms with Crippen LogP contribution in [0.5, 0.6) is 0 Å². The van der Waals surface area contributed by atoms with E-state index in [4.69, 9.17) is 0 Å². The quantitative estimate of drug-likeness (QED) is 0.813. The molecular weight excluding hydrogens is 274 g/mol. The van der Waals surface area contributed by atoms with Crippen LogP contribution in [-0.2, 0) is 0 Å². The molecule has 0 bridgehead atoms. The zero-order valence-corrected chi connectivity index (χ0v) is 12.0. The van der Waals surface area contributed by atoms with E-state index in [9.17, 15) is 0 Å². The van der Waals surface area contributed by atoms with Gasteiger partial charge in [0.15, 0.2) is 0 Å². The highest BCUT2D eigenvalue weighted by molar-refractivity contribution is 9.10. The molecule has 0 radical (unpaired) electrons. The molecule has 0 unspecified atom stereocenters. The summed E-state index contributed by atoms with van der Waals surface area (Å²) in [5.74, 6) is 1.74. The fourth-order valence-corrected chi connectivity index (χ4v) is 3.40. The Balaban J connectivity index is 1.57. The average molecular weight is 294 g/mol. The second-order valence-electron chi connectivity index (χ2n) is 5.64. The molecule has 1 saturated heterocycles. The van der Waals surface area contributed by atoms with Gasteiger partial charge in [-0.05, 0) is 62.3 Å². The average Bonchev–Trinajstić information content (AvgIpc) is 2.97. The van der Waals surface area contributed by atoms with Crippen molar-refractivity contribution < 1.29 is 0 Å². The van der Waals surface area contributed by atoms with Crippen LogP contribution in [0.25, 0.3) is 0 Å². The monoisotopic (exact) mass is 293 g/mol. The second kappa shape index (κ2) is 4.74. The van der Waals surface area contributed by atoms with Gasteiger partial charge in [0, 0.05) is 17.1 Å². The summed E-state index contributed by atoms with van der Waals surface area (Å²) in [5, 5.41) is 0. The minimum atomic E-state index is 0.821. The Kier molecular flexibility index (Phi) is 3.27. The SMILES string of the molecule is C[C@H]1CCCN1C[C@@H]1C[C@H]1c1ccc(Br)cc1. The van der Waals surface area contributed by atoms with E-state index in [2.05, 4.69) is 52.0 Å². The molecule has 1 heterocycles. The zero-order valence-electron chi connectivity index (χ0n) is 10.4. The van der Waals surface area contributed by atoms with Gasteiger partial charge in [-0.2, -0.15) is 0 Å². The van der Waals surface area contributed by atoms with Crippen LogP contribution < -0.4 is 0 Å². The molecule has 3 atom stereocenters. The van der Waals surface area contributed by atoms with Gasteiger partial charge in [-0.15, -0.1) is 0 Å². The third-order valence-corrected chi connectivity index (χ3v) is 4.91. The maximum atomic E-state index is 3.50. The highest BCUT2D eigenvalue weighted by Gasteiger charge is 2.40. The first kappa shape index (κ1) is 11.7. The molecule has 92 valence electrons. The Labute approximate surface area is 112 Å². The molecule has 2 heteroatoms. The molecule has 0 N–H and O–H groups in total. The maximum absolute atomic E-state index is 3.50. The van der Waals surface area contributed by atoms with Crippen LogP contribution in [-0.4, -0.2) is 24.0 Å². The van der Waals surface area contributed by atoms with E-state index in [-0.39, 0.29) is 0 Å². The predicted octanol–water partition coefficient (Wildman–Crippen LogP) is 4.04. The molecule has 17 heavy (non-hydrogen) atoms. The number of likely N-dealkylation sites (tertiary alicyclic amines) is 1. The summed E-state index contributed by atoms with van der Waals surface area (Å²) in [6, 6.07) is 9.72. The topological polar surface area (TPSA) is 3.24 Å². The molecule has 0 amide bonds. The molecular formula is C15H20BrN. The maximum Gasteiger partial charge on any atom is 0.0175 e. The first-order chi connectivity index (χ1) is 8.24. The van der Waals surface area contributed by atoms with Crippen molar-refractivity contribution in [2.45, 2.75) is 38.1 Å². The first-order valence-corrected chi connectivity index (χ1v) is 7.53.